The van der Waals surface area contributed by atoms with Crippen LogP contribution in [0.1, 0.15) is 24.0 Å². The van der Waals surface area contributed by atoms with Gasteiger partial charge in [0.2, 0.25) is 11.8 Å². The lowest BCUT2D eigenvalue weighted by Crippen LogP contribution is -2.58. The van der Waals surface area contributed by atoms with Crippen LogP contribution in [0.4, 0.5) is 5.69 Å². The molecule has 5 rings (SSSR count). The van der Waals surface area contributed by atoms with Gasteiger partial charge in [-0.2, -0.15) is 4.98 Å². The molecule has 0 unspecified atom stereocenters. The number of halogens is 1. The number of anilines is 1. The van der Waals surface area contributed by atoms with Crippen molar-refractivity contribution in [2.45, 2.75) is 32.6 Å². The molecule has 1 N–H and O–H groups in total. The second kappa shape index (κ2) is 9.00. The van der Waals surface area contributed by atoms with Gasteiger partial charge >= 0.3 is 0 Å². The van der Waals surface area contributed by atoms with Crippen molar-refractivity contribution in [3.63, 3.8) is 0 Å². The zero-order valence-electron chi connectivity index (χ0n) is 18.7. The van der Waals surface area contributed by atoms with Gasteiger partial charge in [-0.05, 0) is 11.6 Å². The molecule has 1 amide bonds. The smallest absolute Gasteiger partial charge is 0.221 e. The van der Waals surface area contributed by atoms with Crippen LogP contribution in [0.2, 0.25) is 5.02 Å². The number of nitrogens with zero attached hydrogens (tertiary/aromatic N) is 4. The van der Waals surface area contributed by atoms with Gasteiger partial charge in [-0.3, -0.25) is 9.69 Å². The van der Waals surface area contributed by atoms with Gasteiger partial charge in [-0.15, -0.1) is 0 Å². The highest BCUT2D eigenvalue weighted by atomic mass is 35.5. The summed E-state index contributed by atoms with van der Waals surface area (Å²) in [6.45, 7) is 5.07. The fourth-order valence-corrected chi connectivity index (χ4v) is 4.92. The van der Waals surface area contributed by atoms with E-state index in [0.29, 0.717) is 25.5 Å². The number of aromatic nitrogens is 2. The maximum absolute atomic E-state index is 11.2. The largest absolute Gasteiger partial charge is 0.481 e. The molecule has 2 aromatic carbocycles. The quantitative estimate of drug-likeness (QED) is 0.601. The van der Waals surface area contributed by atoms with E-state index in [1.807, 2.05) is 36.4 Å². The lowest BCUT2D eigenvalue weighted by atomic mass is 10.0. The van der Waals surface area contributed by atoms with Gasteiger partial charge in [0.1, 0.15) is 5.82 Å². The Morgan fingerprint density at radius 1 is 1.12 bits per heavy atom. The second-order valence-corrected chi connectivity index (χ2v) is 8.90. The SMILES string of the molecule is COc1nc(CN2CC(NC(C)=O)C2)nc2c1CN(c1cccc(-c3ccccc3)c1Cl)C2. The average molecular weight is 464 g/mol. The van der Waals surface area contributed by atoms with Gasteiger partial charge in [0.25, 0.3) is 0 Å². The molecule has 1 saturated heterocycles. The zero-order chi connectivity index (χ0) is 22.9. The minimum atomic E-state index is 0.00480. The first-order valence-electron chi connectivity index (χ1n) is 11.0. The third-order valence-electron chi connectivity index (χ3n) is 6.12. The summed E-state index contributed by atoms with van der Waals surface area (Å²) in [5.74, 6) is 1.36. The molecule has 1 aromatic heterocycles. The fraction of sp³-hybridized carbons (Fsp3) is 0.320. The maximum atomic E-state index is 11.2. The molecule has 8 heteroatoms. The number of nitrogens with one attached hydrogen (secondary N) is 1. The van der Waals surface area contributed by atoms with Gasteiger partial charge in [-0.25, -0.2) is 4.98 Å². The minimum absolute atomic E-state index is 0.00480. The fourth-order valence-electron chi connectivity index (χ4n) is 4.57. The number of carbonyl (C=O) groups excluding carboxylic acids is 1. The Hall–Kier alpha value is -3.16. The molecule has 2 aliphatic rings. The number of amides is 1. The Morgan fingerprint density at radius 3 is 2.64 bits per heavy atom. The van der Waals surface area contributed by atoms with Crippen LogP contribution in [0, 0.1) is 0 Å². The number of fused-ring (bicyclic) bond motifs is 1. The maximum Gasteiger partial charge on any atom is 0.221 e. The van der Waals surface area contributed by atoms with Crippen LogP contribution >= 0.6 is 11.6 Å². The third kappa shape index (κ3) is 4.38. The predicted octanol–water partition coefficient (Wildman–Crippen LogP) is 3.65. The summed E-state index contributed by atoms with van der Waals surface area (Å²) >= 11 is 6.87. The Bertz CT molecular complexity index is 1180. The highest BCUT2D eigenvalue weighted by Gasteiger charge is 2.31. The van der Waals surface area contributed by atoms with E-state index >= 15 is 0 Å². The molecule has 2 aliphatic heterocycles. The summed E-state index contributed by atoms with van der Waals surface area (Å²) < 4.78 is 5.63. The number of likely N-dealkylation sites (tertiary alicyclic amines) is 1. The van der Waals surface area contributed by atoms with Gasteiger partial charge < -0.3 is 15.0 Å². The Morgan fingerprint density at radius 2 is 1.91 bits per heavy atom. The lowest BCUT2D eigenvalue weighted by Gasteiger charge is -2.38. The van der Waals surface area contributed by atoms with Crippen molar-refractivity contribution in [3.8, 4) is 17.0 Å². The first kappa shape index (κ1) is 21.7. The molecule has 0 bridgehead atoms. The number of carbonyl (C=O) groups is 1. The van der Waals surface area contributed by atoms with E-state index in [-0.39, 0.29) is 11.9 Å². The number of rotatable bonds is 6. The van der Waals surface area contributed by atoms with Gasteiger partial charge in [0.15, 0.2) is 0 Å². The van der Waals surface area contributed by atoms with E-state index in [9.17, 15) is 4.79 Å². The van der Waals surface area contributed by atoms with Crippen LogP contribution in [-0.2, 0) is 24.4 Å². The molecular formula is C25H26ClN5O2. The van der Waals surface area contributed by atoms with Gasteiger partial charge in [-0.1, -0.05) is 54.1 Å². The van der Waals surface area contributed by atoms with Crippen molar-refractivity contribution in [1.29, 1.82) is 0 Å². The monoisotopic (exact) mass is 463 g/mol. The molecule has 0 radical (unpaired) electrons. The van der Waals surface area contributed by atoms with Crippen LogP contribution in [0.3, 0.4) is 0 Å². The first-order valence-corrected chi connectivity index (χ1v) is 11.4. The summed E-state index contributed by atoms with van der Waals surface area (Å²) in [4.78, 5) is 25.2. The van der Waals surface area contributed by atoms with E-state index in [1.165, 1.54) is 0 Å². The molecule has 0 atom stereocenters. The number of benzene rings is 2. The molecule has 7 nitrogen and oxygen atoms in total. The zero-order valence-corrected chi connectivity index (χ0v) is 19.5. The van der Waals surface area contributed by atoms with E-state index in [1.54, 1.807) is 14.0 Å². The number of hydrogen-bond donors (Lipinski definition) is 1. The van der Waals surface area contributed by atoms with Gasteiger partial charge in [0, 0.05) is 25.6 Å². The Kier molecular flexibility index (Phi) is 5.91. The van der Waals surface area contributed by atoms with Crippen molar-refractivity contribution >= 4 is 23.2 Å². The van der Waals surface area contributed by atoms with Gasteiger partial charge in [0.05, 0.1) is 54.8 Å². The number of methoxy groups -OCH3 is 1. The molecule has 1 fully saturated rings. The average Bonchev–Trinajstić information content (AvgIpc) is 3.21. The normalized spacial score (nSPS) is 15.8. The third-order valence-corrected chi connectivity index (χ3v) is 6.51. The predicted molar refractivity (Wildman–Crippen MR) is 128 cm³/mol. The van der Waals surface area contributed by atoms with Crippen LogP contribution < -0.4 is 15.0 Å². The summed E-state index contributed by atoms with van der Waals surface area (Å²) in [6.07, 6.45) is 0. The molecule has 0 aliphatic carbocycles. The van der Waals surface area contributed by atoms with Crippen LogP contribution in [0.15, 0.2) is 48.5 Å². The molecular weight excluding hydrogens is 438 g/mol. The molecule has 0 saturated carbocycles. The lowest BCUT2D eigenvalue weighted by molar-refractivity contribution is -0.120. The van der Waals surface area contributed by atoms with E-state index in [2.05, 4.69) is 32.2 Å². The molecule has 3 heterocycles. The molecule has 170 valence electrons. The topological polar surface area (TPSA) is 70.6 Å². The standard InChI is InChI=1S/C25H26ClN5O2/c1-16(32)27-18-11-30(12-18)15-23-28-21-14-31(13-20(21)25(29-23)33-2)22-10-6-9-19(24(22)26)17-7-4-3-5-8-17/h3-10,18H,11-15H2,1-2H3,(H,27,32). The van der Waals surface area contributed by atoms with E-state index < -0.39 is 0 Å². The molecule has 0 spiro atoms. The summed E-state index contributed by atoms with van der Waals surface area (Å²) in [5.41, 5.74) is 5.04. The molecule has 33 heavy (non-hydrogen) atoms. The van der Waals surface area contributed by atoms with E-state index in [0.717, 1.165) is 52.0 Å². The summed E-state index contributed by atoms with van der Waals surface area (Å²) in [6, 6.07) is 16.5. The number of ether oxygens (including phenoxy) is 1. The first-order chi connectivity index (χ1) is 16.0. The number of hydrogen-bond acceptors (Lipinski definition) is 6. The van der Waals surface area contributed by atoms with Crippen LogP contribution in [0.5, 0.6) is 5.88 Å². The Labute approximate surface area is 198 Å². The Balaban J connectivity index is 1.35. The highest BCUT2D eigenvalue weighted by Crippen LogP contribution is 2.40. The highest BCUT2D eigenvalue weighted by molar-refractivity contribution is 6.36. The van der Waals surface area contributed by atoms with Crippen molar-refractivity contribution in [2.75, 3.05) is 25.1 Å². The van der Waals surface area contributed by atoms with Crippen LogP contribution in [0.25, 0.3) is 11.1 Å². The van der Waals surface area contributed by atoms with Crippen molar-refractivity contribution in [3.05, 3.63) is 70.6 Å². The van der Waals surface area contributed by atoms with Crippen molar-refractivity contribution in [2.24, 2.45) is 0 Å². The van der Waals surface area contributed by atoms with Crippen molar-refractivity contribution in [1.82, 2.24) is 20.2 Å². The minimum Gasteiger partial charge on any atom is -0.481 e. The molecule has 3 aromatic rings. The van der Waals surface area contributed by atoms with Crippen molar-refractivity contribution < 1.29 is 9.53 Å². The van der Waals surface area contributed by atoms with Crippen LogP contribution in [-0.4, -0.2) is 47.0 Å². The summed E-state index contributed by atoms with van der Waals surface area (Å²) in [5, 5.41) is 3.67. The van der Waals surface area contributed by atoms with E-state index in [4.69, 9.17) is 21.3 Å². The summed E-state index contributed by atoms with van der Waals surface area (Å²) in [7, 11) is 1.65. The second-order valence-electron chi connectivity index (χ2n) is 8.53.